The first-order valence-corrected chi connectivity index (χ1v) is 11.7. The van der Waals surface area contributed by atoms with E-state index >= 15 is 0 Å². The number of hydrogen-bond donors (Lipinski definition) is 0. The lowest BCUT2D eigenvalue weighted by Crippen LogP contribution is -2.47. The molecule has 0 aromatic heterocycles. The van der Waals surface area contributed by atoms with Crippen molar-refractivity contribution in [1.29, 1.82) is 0 Å². The van der Waals surface area contributed by atoms with Gasteiger partial charge in [-0.15, -0.1) is 0 Å². The molecule has 0 atom stereocenters. The zero-order valence-electron chi connectivity index (χ0n) is 18.3. The molecule has 2 aromatic carbocycles. The number of piperidine rings is 1. The normalized spacial score (nSPS) is 21.3. The fraction of sp³-hybridized carbons (Fsp3) is 0.360. The molecule has 1 spiro atoms. The number of fused-ring (bicyclic) bond motifs is 1. The number of rotatable bonds is 2. The van der Waals surface area contributed by atoms with Crippen LogP contribution in [0.5, 0.6) is 0 Å². The van der Waals surface area contributed by atoms with Crippen molar-refractivity contribution >= 4 is 35.3 Å². The first-order valence-electron chi connectivity index (χ1n) is 10.9. The molecule has 7 heteroatoms. The van der Waals surface area contributed by atoms with E-state index in [0.717, 1.165) is 21.7 Å². The quantitative estimate of drug-likeness (QED) is 0.645. The van der Waals surface area contributed by atoms with Gasteiger partial charge in [0.2, 0.25) is 0 Å². The van der Waals surface area contributed by atoms with Crippen LogP contribution in [0.3, 0.4) is 0 Å². The van der Waals surface area contributed by atoms with Crippen LogP contribution in [0, 0.1) is 6.92 Å². The molecule has 32 heavy (non-hydrogen) atoms. The van der Waals surface area contributed by atoms with E-state index in [2.05, 4.69) is 6.07 Å². The van der Waals surface area contributed by atoms with E-state index in [9.17, 15) is 9.59 Å². The van der Waals surface area contributed by atoms with Crippen LogP contribution >= 0.6 is 11.8 Å². The molecule has 2 fully saturated rings. The molecular weight excluding hydrogens is 424 g/mol. The highest BCUT2D eigenvalue weighted by Gasteiger charge is 2.41. The van der Waals surface area contributed by atoms with Gasteiger partial charge in [0.05, 0.1) is 23.8 Å². The third-order valence-electron chi connectivity index (χ3n) is 6.27. The summed E-state index contributed by atoms with van der Waals surface area (Å²) < 4.78 is 11.5. The molecule has 0 unspecified atom stereocenters. The number of carbonyl (C=O) groups is 2. The van der Waals surface area contributed by atoms with Crippen LogP contribution in [0.1, 0.15) is 34.3 Å². The Morgan fingerprint density at radius 3 is 2.56 bits per heavy atom. The van der Waals surface area contributed by atoms with Gasteiger partial charge in [-0.1, -0.05) is 41.6 Å². The average Bonchev–Trinajstić information content (AvgIpc) is 3.25. The predicted molar refractivity (Wildman–Crippen MR) is 125 cm³/mol. The van der Waals surface area contributed by atoms with Crippen LogP contribution < -0.4 is 4.90 Å². The first-order chi connectivity index (χ1) is 15.4. The second kappa shape index (κ2) is 8.39. The second-order valence-electron chi connectivity index (χ2n) is 8.47. The average molecular weight is 451 g/mol. The minimum absolute atomic E-state index is 0.0207. The number of carbonyl (C=O) groups excluding carboxylic acids is 2. The molecule has 2 aromatic rings. The summed E-state index contributed by atoms with van der Waals surface area (Å²) in [5.74, 6) is -0.590. The van der Waals surface area contributed by atoms with Crippen molar-refractivity contribution in [2.24, 2.45) is 0 Å². The Morgan fingerprint density at radius 2 is 1.84 bits per heavy atom. The van der Waals surface area contributed by atoms with Gasteiger partial charge in [0.15, 0.2) is 5.79 Å². The molecule has 3 heterocycles. The van der Waals surface area contributed by atoms with E-state index in [4.69, 9.17) is 9.47 Å². The number of amides is 2. The van der Waals surface area contributed by atoms with Crippen molar-refractivity contribution < 1.29 is 19.1 Å². The summed E-state index contributed by atoms with van der Waals surface area (Å²) in [7, 11) is 1.76. The molecule has 2 saturated heterocycles. The lowest BCUT2D eigenvalue weighted by atomic mass is 10.0. The Balaban J connectivity index is 1.35. The van der Waals surface area contributed by atoms with E-state index in [1.807, 2.05) is 54.3 Å². The molecule has 5 rings (SSSR count). The molecule has 3 aliphatic rings. The van der Waals surface area contributed by atoms with E-state index in [1.54, 1.807) is 11.9 Å². The van der Waals surface area contributed by atoms with Crippen LogP contribution in [0.2, 0.25) is 0 Å². The monoisotopic (exact) mass is 450 g/mol. The predicted octanol–water partition coefficient (Wildman–Crippen LogP) is 4.08. The highest BCUT2D eigenvalue weighted by atomic mass is 32.2. The molecule has 0 saturated carbocycles. The Labute approximate surface area is 192 Å². The standard InChI is InChI=1S/C25H26N2O4S/c1-17-4-3-5-18(14-17)15-22-24(29)26(2)20-16-19(6-7-21(20)32-22)23(28)27-10-8-25(9-11-27)30-12-13-31-25/h3-7,14-16H,8-13H2,1-2H3/b22-15-. The van der Waals surface area contributed by atoms with Gasteiger partial charge in [-0.3, -0.25) is 9.59 Å². The van der Waals surface area contributed by atoms with Crippen molar-refractivity contribution in [3.63, 3.8) is 0 Å². The summed E-state index contributed by atoms with van der Waals surface area (Å²) in [4.78, 5) is 31.3. The summed E-state index contributed by atoms with van der Waals surface area (Å²) in [5.41, 5.74) is 3.52. The third kappa shape index (κ3) is 3.96. The van der Waals surface area contributed by atoms with Gasteiger partial charge in [-0.05, 0) is 36.8 Å². The summed E-state index contributed by atoms with van der Waals surface area (Å²) in [6, 6.07) is 13.7. The molecule has 0 aliphatic carbocycles. The molecule has 2 amide bonds. The molecular formula is C25H26N2O4S. The molecule has 3 aliphatic heterocycles. The van der Waals surface area contributed by atoms with Gasteiger partial charge in [0.1, 0.15) is 0 Å². The minimum Gasteiger partial charge on any atom is -0.347 e. The maximum Gasteiger partial charge on any atom is 0.264 e. The maximum atomic E-state index is 13.1. The molecule has 0 bridgehead atoms. The van der Waals surface area contributed by atoms with E-state index in [1.165, 1.54) is 11.8 Å². The molecule has 0 radical (unpaired) electrons. The van der Waals surface area contributed by atoms with E-state index in [0.29, 0.717) is 49.6 Å². The lowest BCUT2D eigenvalue weighted by Gasteiger charge is -2.37. The number of ether oxygens (including phenoxy) is 2. The maximum absolute atomic E-state index is 13.1. The topological polar surface area (TPSA) is 59.1 Å². The number of benzene rings is 2. The summed E-state index contributed by atoms with van der Waals surface area (Å²) in [6.45, 7) is 4.48. The minimum atomic E-state index is -0.504. The molecule has 6 nitrogen and oxygen atoms in total. The van der Waals surface area contributed by atoms with Crippen molar-refractivity contribution in [2.75, 3.05) is 38.3 Å². The summed E-state index contributed by atoms with van der Waals surface area (Å²) in [6.07, 6.45) is 3.30. The zero-order chi connectivity index (χ0) is 22.3. The number of nitrogens with zero attached hydrogens (tertiary/aromatic N) is 2. The lowest BCUT2D eigenvalue weighted by molar-refractivity contribution is -0.181. The Morgan fingerprint density at radius 1 is 1.09 bits per heavy atom. The number of hydrogen-bond acceptors (Lipinski definition) is 5. The van der Waals surface area contributed by atoms with Gasteiger partial charge in [0.25, 0.3) is 11.8 Å². The van der Waals surface area contributed by atoms with Crippen molar-refractivity contribution in [3.8, 4) is 0 Å². The Bertz CT molecular complexity index is 1100. The first kappa shape index (κ1) is 21.2. The van der Waals surface area contributed by atoms with Crippen LogP contribution in [-0.4, -0.2) is 55.9 Å². The fourth-order valence-corrected chi connectivity index (χ4v) is 5.55. The van der Waals surface area contributed by atoms with Gasteiger partial charge in [-0.2, -0.15) is 0 Å². The van der Waals surface area contributed by atoms with E-state index < -0.39 is 5.79 Å². The molecule has 0 N–H and O–H groups in total. The number of aryl methyl sites for hydroxylation is 1. The van der Waals surface area contributed by atoms with E-state index in [-0.39, 0.29) is 11.8 Å². The van der Waals surface area contributed by atoms with Crippen LogP contribution in [0.4, 0.5) is 5.69 Å². The van der Waals surface area contributed by atoms with Crippen LogP contribution in [0.25, 0.3) is 6.08 Å². The van der Waals surface area contributed by atoms with Gasteiger partial charge < -0.3 is 19.3 Å². The second-order valence-corrected chi connectivity index (χ2v) is 9.56. The Hall–Kier alpha value is -2.61. The van der Waals surface area contributed by atoms with Crippen molar-refractivity contribution in [1.82, 2.24) is 4.90 Å². The zero-order valence-corrected chi connectivity index (χ0v) is 19.1. The van der Waals surface area contributed by atoms with Crippen LogP contribution in [-0.2, 0) is 14.3 Å². The number of likely N-dealkylation sites (N-methyl/N-ethyl adjacent to an activating group) is 1. The number of likely N-dealkylation sites (tertiary alicyclic amines) is 1. The third-order valence-corrected chi connectivity index (χ3v) is 7.35. The number of thioether (sulfide) groups is 1. The van der Waals surface area contributed by atoms with Crippen LogP contribution in [0.15, 0.2) is 52.3 Å². The highest BCUT2D eigenvalue weighted by Crippen LogP contribution is 2.42. The largest absolute Gasteiger partial charge is 0.347 e. The SMILES string of the molecule is Cc1cccc(/C=C2\Sc3ccc(C(=O)N4CCC5(CC4)OCCO5)cc3N(C)C2=O)c1. The van der Waals surface area contributed by atoms with Crippen molar-refractivity contribution in [2.45, 2.75) is 30.4 Å². The fourth-order valence-electron chi connectivity index (χ4n) is 4.46. The Kier molecular flexibility index (Phi) is 5.57. The smallest absolute Gasteiger partial charge is 0.264 e. The molecule has 166 valence electrons. The van der Waals surface area contributed by atoms with Crippen molar-refractivity contribution in [3.05, 3.63) is 64.1 Å². The van der Waals surface area contributed by atoms with Gasteiger partial charge >= 0.3 is 0 Å². The summed E-state index contributed by atoms with van der Waals surface area (Å²) in [5, 5.41) is 0. The highest BCUT2D eigenvalue weighted by molar-refractivity contribution is 8.04. The van der Waals surface area contributed by atoms with Gasteiger partial charge in [-0.25, -0.2) is 0 Å². The summed E-state index contributed by atoms with van der Waals surface area (Å²) >= 11 is 1.45. The number of anilines is 1. The van der Waals surface area contributed by atoms with Gasteiger partial charge in [0, 0.05) is 43.4 Å².